The van der Waals surface area contributed by atoms with E-state index in [2.05, 4.69) is 34.6 Å². The molecular formula is C22H25ClN2OS. The first-order chi connectivity index (χ1) is 13.0. The fraction of sp³-hybridized carbons (Fsp3) is 0.318. The zero-order valence-electron chi connectivity index (χ0n) is 16.0. The third-order valence-corrected chi connectivity index (χ3v) is 5.17. The molecule has 0 atom stereocenters. The molecule has 0 unspecified atom stereocenters. The summed E-state index contributed by atoms with van der Waals surface area (Å²) >= 11 is 7.67. The Morgan fingerprint density at radius 3 is 2.30 bits per heavy atom. The van der Waals surface area contributed by atoms with Crippen molar-refractivity contribution in [2.75, 3.05) is 12.8 Å². The summed E-state index contributed by atoms with van der Waals surface area (Å²) in [6.45, 7) is 4.81. The van der Waals surface area contributed by atoms with E-state index in [0.29, 0.717) is 0 Å². The number of allylic oxidation sites excluding steroid dienone is 1. The van der Waals surface area contributed by atoms with Gasteiger partial charge in [-0.1, -0.05) is 47.6 Å². The van der Waals surface area contributed by atoms with Crippen LogP contribution >= 0.6 is 23.4 Å². The molecular weight excluding hydrogens is 376 g/mol. The van der Waals surface area contributed by atoms with E-state index >= 15 is 0 Å². The summed E-state index contributed by atoms with van der Waals surface area (Å²) in [4.78, 5) is 4.65. The van der Waals surface area contributed by atoms with Crippen LogP contribution in [0.3, 0.4) is 0 Å². The van der Waals surface area contributed by atoms with Crippen molar-refractivity contribution in [3.63, 3.8) is 0 Å². The van der Waals surface area contributed by atoms with Gasteiger partial charge in [-0.25, -0.2) is 0 Å². The topological polar surface area (TPSA) is 33.6 Å². The summed E-state index contributed by atoms with van der Waals surface area (Å²) in [6, 6.07) is 16.4. The molecule has 142 valence electrons. The third-order valence-electron chi connectivity index (χ3n) is 4.30. The zero-order chi connectivity index (χ0) is 19.2. The first kappa shape index (κ1) is 19.8. The number of aliphatic imine (C=N–C) groups is 1. The van der Waals surface area contributed by atoms with Gasteiger partial charge in [-0.15, -0.1) is 0 Å². The molecule has 0 saturated heterocycles. The van der Waals surface area contributed by atoms with Crippen LogP contribution in [-0.2, 0) is 12.8 Å². The normalized spacial score (nSPS) is 14.2. The van der Waals surface area contributed by atoms with Crippen molar-refractivity contribution in [3.05, 3.63) is 76.0 Å². The molecule has 2 aromatic carbocycles. The maximum absolute atomic E-state index is 6.02. The van der Waals surface area contributed by atoms with Crippen molar-refractivity contribution in [3.8, 4) is 5.75 Å². The molecule has 5 heteroatoms. The molecule has 3 nitrogen and oxygen atoms in total. The molecule has 0 aliphatic carbocycles. The molecule has 0 spiro atoms. The van der Waals surface area contributed by atoms with Gasteiger partial charge < -0.3 is 10.1 Å². The predicted molar refractivity (Wildman–Crippen MR) is 117 cm³/mol. The standard InChI is InChI=1S/C22H25ClN2OS/c1-15(2)26-20-10-6-16(7-11-20)12-18-14-24-22(27-3)25-21(18)13-17-4-8-19(23)9-5-17/h4-11,15H,12-14H2,1-3H3,(H,24,25). The van der Waals surface area contributed by atoms with Crippen LogP contribution in [0.4, 0.5) is 0 Å². The minimum Gasteiger partial charge on any atom is -0.491 e. The Hall–Kier alpha value is -1.91. The fourth-order valence-corrected chi connectivity index (χ4v) is 3.52. The van der Waals surface area contributed by atoms with Crippen LogP contribution in [0.2, 0.25) is 5.02 Å². The number of amidine groups is 1. The number of thioether (sulfide) groups is 1. The second kappa shape index (κ2) is 9.34. The Morgan fingerprint density at radius 1 is 1.04 bits per heavy atom. The van der Waals surface area contributed by atoms with E-state index in [1.54, 1.807) is 11.8 Å². The van der Waals surface area contributed by atoms with Crippen molar-refractivity contribution in [1.29, 1.82) is 0 Å². The van der Waals surface area contributed by atoms with Crippen molar-refractivity contribution in [2.24, 2.45) is 4.99 Å². The molecule has 0 fully saturated rings. The first-order valence-corrected chi connectivity index (χ1v) is 10.7. The van der Waals surface area contributed by atoms with Gasteiger partial charge in [0, 0.05) is 17.1 Å². The van der Waals surface area contributed by atoms with Gasteiger partial charge in [0.05, 0.1) is 12.6 Å². The summed E-state index contributed by atoms with van der Waals surface area (Å²) in [6.07, 6.45) is 3.96. The highest BCUT2D eigenvalue weighted by molar-refractivity contribution is 8.13. The van der Waals surface area contributed by atoms with Gasteiger partial charge in [-0.3, -0.25) is 4.99 Å². The number of halogens is 1. The summed E-state index contributed by atoms with van der Waals surface area (Å²) in [7, 11) is 0. The summed E-state index contributed by atoms with van der Waals surface area (Å²) < 4.78 is 5.74. The van der Waals surface area contributed by atoms with Crippen LogP contribution in [0.1, 0.15) is 25.0 Å². The maximum Gasteiger partial charge on any atom is 0.160 e. The van der Waals surface area contributed by atoms with Gasteiger partial charge in [0.2, 0.25) is 0 Å². The lowest BCUT2D eigenvalue weighted by atomic mass is 9.99. The van der Waals surface area contributed by atoms with Crippen LogP contribution in [-0.4, -0.2) is 24.1 Å². The Morgan fingerprint density at radius 2 is 1.67 bits per heavy atom. The average molecular weight is 401 g/mol. The highest BCUT2D eigenvalue weighted by Gasteiger charge is 2.15. The summed E-state index contributed by atoms with van der Waals surface area (Å²) in [5.74, 6) is 0.911. The Balaban J connectivity index is 1.78. The molecule has 0 saturated carbocycles. The third kappa shape index (κ3) is 5.78. The quantitative estimate of drug-likeness (QED) is 0.696. The maximum atomic E-state index is 6.02. The number of hydrogen-bond acceptors (Lipinski definition) is 4. The molecule has 0 aromatic heterocycles. The van der Waals surface area contributed by atoms with E-state index in [4.69, 9.17) is 16.3 Å². The van der Waals surface area contributed by atoms with E-state index in [1.165, 1.54) is 22.4 Å². The van der Waals surface area contributed by atoms with E-state index in [-0.39, 0.29) is 6.10 Å². The molecule has 1 heterocycles. The van der Waals surface area contributed by atoms with Gasteiger partial charge in [0.1, 0.15) is 5.75 Å². The highest BCUT2D eigenvalue weighted by atomic mass is 35.5. The average Bonchev–Trinajstić information content (AvgIpc) is 2.66. The second-order valence-corrected chi connectivity index (χ2v) is 8.05. The van der Waals surface area contributed by atoms with E-state index < -0.39 is 0 Å². The number of hydrogen-bond donors (Lipinski definition) is 1. The van der Waals surface area contributed by atoms with Crippen LogP contribution in [0.25, 0.3) is 0 Å². The SMILES string of the molecule is CSC1=NCC(Cc2ccc(OC(C)C)cc2)=C(Cc2ccc(Cl)cc2)N1. The fourth-order valence-electron chi connectivity index (χ4n) is 2.98. The largest absolute Gasteiger partial charge is 0.491 e. The van der Waals surface area contributed by atoms with Gasteiger partial charge in [0.25, 0.3) is 0 Å². The monoisotopic (exact) mass is 400 g/mol. The van der Waals surface area contributed by atoms with Gasteiger partial charge >= 0.3 is 0 Å². The summed E-state index contributed by atoms with van der Waals surface area (Å²) in [5, 5.41) is 5.25. The van der Waals surface area contributed by atoms with E-state index in [9.17, 15) is 0 Å². The molecule has 0 amide bonds. The minimum atomic E-state index is 0.186. The molecule has 3 rings (SSSR count). The zero-order valence-corrected chi connectivity index (χ0v) is 17.5. The minimum absolute atomic E-state index is 0.186. The number of nitrogens with one attached hydrogen (secondary N) is 1. The smallest absolute Gasteiger partial charge is 0.160 e. The Bertz CT molecular complexity index is 826. The molecule has 2 aromatic rings. The first-order valence-electron chi connectivity index (χ1n) is 9.10. The van der Waals surface area contributed by atoms with E-state index in [0.717, 1.165) is 35.3 Å². The van der Waals surface area contributed by atoms with Crippen LogP contribution in [0.15, 0.2) is 64.8 Å². The molecule has 1 N–H and O–H groups in total. The molecule has 0 radical (unpaired) electrons. The molecule has 1 aliphatic heterocycles. The Kier molecular flexibility index (Phi) is 6.86. The second-order valence-electron chi connectivity index (χ2n) is 6.82. The predicted octanol–water partition coefficient (Wildman–Crippen LogP) is 5.49. The summed E-state index contributed by atoms with van der Waals surface area (Å²) in [5.41, 5.74) is 5.06. The molecule has 27 heavy (non-hydrogen) atoms. The van der Waals surface area contributed by atoms with Crippen molar-refractivity contribution in [2.45, 2.75) is 32.8 Å². The van der Waals surface area contributed by atoms with Gasteiger partial charge in [-0.2, -0.15) is 0 Å². The van der Waals surface area contributed by atoms with Gasteiger partial charge in [0.15, 0.2) is 5.17 Å². The lowest BCUT2D eigenvalue weighted by Gasteiger charge is -2.22. The molecule has 1 aliphatic rings. The van der Waals surface area contributed by atoms with E-state index in [1.807, 2.05) is 44.4 Å². The number of nitrogens with zero attached hydrogens (tertiary/aromatic N) is 1. The van der Waals surface area contributed by atoms with Crippen molar-refractivity contribution in [1.82, 2.24) is 5.32 Å². The Labute approximate surface area is 170 Å². The van der Waals surface area contributed by atoms with Crippen LogP contribution < -0.4 is 10.1 Å². The van der Waals surface area contributed by atoms with Gasteiger partial charge in [-0.05, 0) is 67.5 Å². The number of benzene rings is 2. The van der Waals surface area contributed by atoms with Crippen LogP contribution in [0, 0.1) is 0 Å². The number of rotatable bonds is 6. The highest BCUT2D eigenvalue weighted by Crippen LogP contribution is 2.22. The number of ether oxygens (including phenoxy) is 1. The molecule has 0 bridgehead atoms. The van der Waals surface area contributed by atoms with Crippen molar-refractivity contribution >= 4 is 28.5 Å². The lowest BCUT2D eigenvalue weighted by Crippen LogP contribution is -2.28. The van der Waals surface area contributed by atoms with Crippen molar-refractivity contribution < 1.29 is 4.74 Å². The van der Waals surface area contributed by atoms with Crippen LogP contribution in [0.5, 0.6) is 5.75 Å². The lowest BCUT2D eigenvalue weighted by molar-refractivity contribution is 0.242.